The number of benzene rings is 1. The van der Waals surface area contributed by atoms with E-state index in [9.17, 15) is 14.7 Å². The molecule has 3 rings (SSSR count). The van der Waals surface area contributed by atoms with E-state index in [0.29, 0.717) is 16.7 Å². The highest BCUT2D eigenvalue weighted by Gasteiger charge is 2.22. The molecule has 10 nitrogen and oxygen atoms in total. The van der Waals surface area contributed by atoms with Crippen LogP contribution in [-0.4, -0.2) is 26.5 Å². The summed E-state index contributed by atoms with van der Waals surface area (Å²) in [5, 5.41) is 22.7. The van der Waals surface area contributed by atoms with Crippen molar-refractivity contribution < 1.29 is 14.4 Å². The minimum atomic E-state index is -0.738. The van der Waals surface area contributed by atoms with Gasteiger partial charge in [-0.15, -0.1) is 10.2 Å². The van der Waals surface area contributed by atoms with Gasteiger partial charge >= 0.3 is 5.69 Å². The zero-order chi connectivity index (χ0) is 20.6. The molecule has 2 heterocycles. The van der Waals surface area contributed by atoms with Crippen LogP contribution in [0.15, 0.2) is 42.5 Å². The lowest BCUT2D eigenvalue weighted by atomic mass is 10.2. The van der Waals surface area contributed by atoms with Gasteiger partial charge in [0.2, 0.25) is 17.4 Å². The molecule has 0 saturated carbocycles. The summed E-state index contributed by atoms with van der Waals surface area (Å²) in [6.07, 6.45) is 0. The Kier molecular flexibility index (Phi) is 5.04. The van der Waals surface area contributed by atoms with Crippen LogP contribution in [-0.2, 0) is 0 Å². The first-order valence-electron chi connectivity index (χ1n) is 8.72. The standard InChI is InChI=1S/C18H21N5O5/c1-9(2)22-16(24)14(17(25)23(10(3)4)18(22)26)19-20-15-13-11(27-5)7-6-8-12(13)28-21-15/h6-10,24H,1-5H3. The third-order valence-corrected chi connectivity index (χ3v) is 4.21. The molecule has 0 aliphatic rings. The first-order valence-corrected chi connectivity index (χ1v) is 8.72. The van der Waals surface area contributed by atoms with Crippen LogP contribution in [0.5, 0.6) is 11.6 Å². The molecule has 0 atom stereocenters. The van der Waals surface area contributed by atoms with Gasteiger partial charge in [0.05, 0.1) is 7.11 Å². The SMILES string of the molecule is COc1cccc2onc(N=Nc3c(O)n(C(C)C)c(=O)n(C(C)C)c3=O)c12. The van der Waals surface area contributed by atoms with E-state index in [0.717, 1.165) is 9.13 Å². The molecule has 0 spiro atoms. The van der Waals surface area contributed by atoms with Gasteiger partial charge in [0.1, 0.15) is 11.1 Å². The number of hydrogen-bond acceptors (Lipinski definition) is 8. The fourth-order valence-electron chi connectivity index (χ4n) is 2.91. The van der Waals surface area contributed by atoms with Crippen LogP contribution in [0.2, 0.25) is 0 Å². The topological polar surface area (TPSA) is 124 Å². The zero-order valence-corrected chi connectivity index (χ0v) is 16.2. The lowest BCUT2D eigenvalue weighted by molar-refractivity contribution is 0.365. The Labute approximate surface area is 159 Å². The Bertz CT molecular complexity index is 1170. The molecule has 1 aromatic carbocycles. The summed E-state index contributed by atoms with van der Waals surface area (Å²) in [7, 11) is 1.49. The van der Waals surface area contributed by atoms with Gasteiger partial charge in [-0.1, -0.05) is 11.2 Å². The van der Waals surface area contributed by atoms with E-state index < -0.39 is 23.2 Å². The van der Waals surface area contributed by atoms with Gasteiger partial charge in [-0.2, -0.15) is 0 Å². The number of methoxy groups -OCH3 is 1. The van der Waals surface area contributed by atoms with Crippen LogP contribution in [0.25, 0.3) is 11.0 Å². The van der Waals surface area contributed by atoms with Gasteiger partial charge in [-0.05, 0) is 39.8 Å². The molecule has 0 aliphatic carbocycles. The van der Waals surface area contributed by atoms with Crippen molar-refractivity contribution in [2.24, 2.45) is 10.2 Å². The summed E-state index contributed by atoms with van der Waals surface area (Å²) >= 11 is 0. The lowest BCUT2D eigenvalue weighted by Crippen LogP contribution is -2.41. The predicted molar refractivity (Wildman–Crippen MR) is 102 cm³/mol. The van der Waals surface area contributed by atoms with Crippen molar-refractivity contribution in [1.29, 1.82) is 0 Å². The van der Waals surface area contributed by atoms with Gasteiger partial charge in [0.25, 0.3) is 5.56 Å². The van der Waals surface area contributed by atoms with Crippen LogP contribution >= 0.6 is 0 Å². The van der Waals surface area contributed by atoms with E-state index in [1.54, 1.807) is 45.9 Å². The van der Waals surface area contributed by atoms with Gasteiger partial charge in [0, 0.05) is 12.1 Å². The number of ether oxygens (including phenoxy) is 1. The molecule has 0 aliphatic heterocycles. The normalized spacial score (nSPS) is 12.0. The minimum Gasteiger partial charge on any atom is -0.496 e. The molecule has 0 radical (unpaired) electrons. The Morgan fingerprint density at radius 1 is 1.11 bits per heavy atom. The summed E-state index contributed by atoms with van der Waals surface area (Å²) in [6.45, 7) is 6.82. The highest BCUT2D eigenvalue weighted by molar-refractivity contribution is 5.92. The average molecular weight is 387 g/mol. The highest BCUT2D eigenvalue weighted by Crippen LogP contribution is 2.35. The van der Waals surface area contributed by atoms with Crippen LogP contribution in [0.1, 0.15) is 39.8 Å². The summed E-state index contributed by atoms with van der Waals surface area (Å²) in [6, 6.07) is 4.32. The van der Waals surface area contributed by atoms with Crippen LogP contribution in [0, 0.1) is 0 Å². The number of hydrogen-bond donors (Lipinski definition) is 1. The van der Waals surface area contributed by atoms with Gasteiger partial charge in [-0.25, -0.2) is 4.79 Å². The second-order valence-corrected chi connectivity index (χ2v) is 6.73. The van der Waals surface area contributed by atoms with E-state index >= 15 is 0 Å². The molecule has 0 amide bonds. The summed E-state index contributed by atoms with van der Waals surface area (Å²) in [4.78, 5) is 25.3. The summed E-state index contributed by atoms with van der Waals surface area (Å²) in [5.41, 5.74) is -1.27. The summed E-state index contributed by atoms with van der Waals surface area (Å²) in [5.74, 6) is 0.0127. The number of aromatic nitrogens is 3. The third-order valence-electron chi connectivity index (χ3n) is 4.21. The average Bonchev–Trinajstić information content (AvgIpc) is 3.04. The van der Waals surface area contributed by atoms with E-state index in [2.05, 4.69) is 15.4 Å². The van der Waals surface area contributed by atoms with Crippen molar-refractivity contribution >= 4 is 22.5 Å². The molecular weight excluding hydrogens is 366 g/mol. The summed E-state index contributed by atoms with van der Waals surface area (Å²) < 4.78 is 12.6. The minimum absolute atomic E-state index is 0.0876. The molecular formula is C18H21N5O5. The number of rotatable bonds is 5. The molecule has 148 valence electrons. The van der Waals surface area contributed by atoms with E-state index in [-0.39, 0.29) is 17.5 Å². The van der Waals surface area contributed by atoms with Crippen molar-refractivity contribution in [3.63, 3.8) is 0 Å². The van der Waals surface area contributed by atoms with E-state index in [4.69, 9.17) is 9.26 Å². The Morgan fingerprint density at radius 3 is 2.39 bits per heavy atom. The molecule has 28 heavy (non-hydrogen) atoms. The van der Waals surface area contributed by atoms with Crippen LogP contribution in [0.3, 0.4) is 0 Å². The van der Waals surface area contributed by atoms with Gasteiger partial charge < -0.3 is 14.4 Å². The fourth-order valence-corrected chi connectivity index (χ4v) is 2.91. The van der Waals surface area contributed by atoms with E-state index in [1.165, 1.54) is 7.11 Å². The van der Waals surface area contributed by atoms with Crippen molar-refractivity contribution in [1.82, 2.24) is 14.3 Å². The third kappa shape index (κ3) is 3.06. The smallest absolute Gasteiger partial charge is 0.334 e. The van der Waals surface area contributed by atoms with Crippen molar-refractivity contribution in [3.8, 4) is 11.6 Å². The fraction of sp³-hybridized carbons (Fsp3) is 0.389. The maximum absolute atomic E-state index is 12.7. The van der Waals surface area contributed by atoms with E-state index in [1.807, 2.05) is 0 Å². The first kappa shape index (κ1) is 19.3. The van der Waals surface area contributed by atoms with Crippen LogP contribution in [0.4, 0.5) is 11.5 Å². The quantitative estimate of drug-likeness (QED) is 0.669. The molecule has 0 bridgehead atoms. The van der Waals surface area contributed by atoms with Crippen molar-refractivity contribution in [2.45, 2.75) is 39.8 Å². The van der Waals surface area contributed by atoms with Crippen molar-refractivity contribution in [3.05, 3.63) is 39.0 Å². The monoisotopic (exact) mass is 387 g/mol. The molecule has 0 fully saturated rings. The molecule has 0 saturated heterocycles. The highest BCUT2D eigenvalue weighted by atomic mass is 16.5. The lowest BCUT2D eigenvalue weighted by Gasteiger charge is -2.17. The zero-order valence-electron chi connectivity index (χ0n) is 16.2. The van der Waals surface area contributed by atoms with Gasteiger partial charge in [-0.3, -0.25) is 13.9 Å². The molecule has 10 heteroatoms. The largest absolute Gasteiger partial charge is 0.496 e. The predicted octanol–water partition coefficient (Wildman–Crippen LogP) is 3.44. The molecule has 0 unspecified atom stereocenters. The first-order chi connectivity index (χ1) is 13.3. The maximum atomic E-state index is 12.7. The molecule has 1 N–H and O–H groups in total. The molecule has 2 aromatic heterocycles. The second kappa shape index (κ2) is 7.29. The van der Waals surface area contributed by atoms with Gasteiger partial charge in [0.15, 0.2) is 5.58 Å². The Hall–Kier alpha value is -3.43. The maximum Gasteiger partial charge on any atom is 0.334 e. The molecule has 3 aromatic rings. The second-order valence-electron chi connectivity index (χ2n) is 6.73. The Balaban J connectivity index is 2.23. The Morgan fingerprint density at radius 2 is 1.79 bits per heavy atom. The number of fused-ring (bicyclic) bond motifs is 1. The number of azo groups is 1. The van der Waals surface area contributed by atoms with Crippen LogP contribution < -0.4 is 16.0 Å². The number of nitrogens with zero attached hydrogens (tertiary/aromatic N) is 5. The van der Waals surface area contributed by atoms with Crippen molar-refractivity contribution in [2.75, 3.05) is 7.11 Å². The number of aromatic hydroxyl groups is 1.